The largest absolute Gasteiger partial charge is 0.573 e. The standard InChI is InChI=1S/C16H18F3NO6S/c1-10(25-14(21)8-11-6-7-27(23,24)9-11)15(22)20-12-2-4-13(5-3-12)26-16(17,18)19/h2-5,10-11H,6-9H2,1H3,(H,20,22)/t10-,11+/m1/s1. The Morgan fingerprint density at radius 2 is 1.89 bits per heavy atom. The van der Waals surface area contributed by atoms with Gasteiger partial charge in [0, 0.05) is 12.1 Å². The van der Waals surface area contributed by atoms with E-state index >= 15 is 0 Å². The first kappa shape index (κ1) is 21.0. The number of alkyl halides is 3. The van der Waals surface area contributed by atoms with Gasteiger partial charge >= 0.3 is 12.3 Å². The minimum atomic E-state index is -4.81. The van der Waals surface area contributed by atoms with E-state index in [0.717, 1.165) is 12.1 Å². The molecule has 1 amide bonds. The predicted octanol–water partition coefficient (Wildman–Crippen LogP) is 2.28. The van der Waals surface area contributed by atoms with Gasteiger partial charge in [0.25, 0.3) is 5.91 Å². The third-order valence-electron chi connectivity index (χ3n) is 3.81. The fourth-order valence-electron chi connectivity index (χ4n) is 2.55. The quantitative estimate of drug-likeness (QED) is 0.724. The van der Waals surface area contributed by atoms with Crippen LogP contribution in [0.1, 0.15) is 19.8 Å². The summed E-state index contributed by atoms with van der Waals surface area (Å²) in [6, 6.07) is 4.47. The first-order valence-electron chi connectivity index (χ1n) is 8.00. The lowest BCUT2D eigenvalue weighted by molar-refractivity contribution is -0.274. The number of amides is 1. The van der Waals surface area contributed by atoms with E-state index in [2.05, 4.69) is 10.1 Å². The predicted molar refractivity (Wildman–Crippen MR) is 88.7 cm³/mol. The summed E-state index contributed by atoms with van der Waals surface area (Å²) in [6.45, 7) is 1.33. The first-order chi connectivity index (χ1) is 12.4. The maximum atomic E-state index is 12.1. The Morgan fingerprint density at radius 1 is 1.26 bits per heavy atom. The zero-order chi connectivity index (χ0) is 20.2. The van der Waals surface area contributed by atoms with Gasteiger partial charge in [0.15, 0.2) is 15.9 Å². The van der Waals surface area contributed by atoms with E-state index in [4.69, 9.17) is 4.74 Å². The smallest absolute Gasteiger partial charge is 0.453 e. The van der Waals surface area contributed by atoms with Gasteiger partial charge in [-0.25, -0.2) is 8.42 Å². The fraction of sp³-hybridized carbons (Fsp3) is 0.500. The lowest BCUT2D eigenvalue weighted by atomic mass is 10.1. The van der Waals surface area contributed by atoms with Crippen molar-refractivity contribution in [2.45, 2.75) is 32.2 Å². The molecule has 0 spiro atoms. The number of ether oxygens (including phenoxy) is 2. The average Bonchev–Trinajstić information content (AvgIpc) is 2.86. The van der Waals surface area contributed by atoms with Gasteiger partial charge in [-0.3, -0.25) is 9.59 Å². The second-order valence-corrected chi connectivity index (χ2v) is 8.40. The molecular formula is C16H18F3NO6S. The molecule has 0 unspecified atom stereocenters. The normalized spacial score (nSPS) is 19.9. The lowest BCUT2D eigenvalue weighted by Crippen LogP contribution is -2.30. The van der Waals surface area contributed by atoms with Crippen molar-refractivity contribution in [1.82, 2.24) is 0 Å². The second kappa shape index (κ2) is 8.15. The van der Waals surface area contributed by atoms with Crippen molar-refractivity contribution in [2.24, 2.45) is 5.92 Å². The molecule has 1 heterocycles. The van der Waals surface area contributed by atoms with E-state index in [9.17, 15) is 31.2 Å². The number of hydrogen-bond donors (Lipinski definition) is 1. The highest BCUT2D eigenvalue weighted by Crippen LogP contribution is 2.24. The second-order valence-electron chi connectivity index (χ2n) is 6.17. The van der Waals surface area contributed by atoms with Gasteiger partial charge in [-0.1, -0.05) is 0 Å². The molecule has 1 aliphatic heterocycles. The van der Waals surface area contributed by atoms with E-state index in [1.165, 1.54) is 19.1 Å². The van der Waals surface area contributed by atoms with Gasteiger partial charge in [-0.2, -0.15) is 0 Å². The highest BCUT2D eigenvalue weighted by molar-refractivity contribution is 7.91. The molecule has 0 aromatic heterocycles. The van der Waals surface area contributed by atoms with Gasteiger partial charge in [0.1, 0.15) is 5.75 Å². The highest BCUT2D eigenvalue weighted by Gasteiger charge is 2.32. The number of carbonyl (C=O) groups is 2. The molecule has 150 valence electrons. The van der Waals surface area contributed by atoms with Gasteiger partial charge in [-0.05, 0) is 43.5 Å². The Balaban J connectivity index is 1.82. The number of nitrogens with one attached hydrogen (secondary N) is 1. The van der Waals surface area contributed by atoms with Gasteiger partial charge in [0.2, 0.25) is 0 Å². The van der Waals surface area contributed by atoms with Crippen LogP contribution in [0.25, 0.3) is 0 Å². The van der Waals surface area contributed by atoms with Crippen molar-refractivity contribution in [1.29, 1.82) is 0 Å². The summed E-state index contributed by atoms with van der Waals surface area (Å²) in [6.07, 6.45) is -5.68. The maximum absolute atomic E-state index is 12.1. The number of anilines is 1. The van der Waals surface area contributed by atoms with Crippen molar-refractivity contribution >= 4 is 27.4 Å². The molecule has 0 bridgehead atoms. The molecule has 1 aromatic carbocycles. The van der Waals surface area contributed by atoms with Crippen LogP contribution in [0, 0.1) is 5.92 Å². The Bertz CT molecular complexity index is 791. The molecule has 27 heavy (non-hydrogen) atoms. The first-order valence-corrected chi connectivity index (χ1v) is 9.82. The molecular weight excluding hydrogens is 391 g/mol. The van der Waals surface area contributed by atoms with Gasteiger partial charge < -0.3 is 14.8 Å². The number of halogens is 3. The molecule has 1 saturated heterocycles. The molecule has 0 aliphatic carbocycles. The Morgan fingerprint density at radius 3 is 2.41 bits per heavy atom. The molecule has 1 fully saturated rings. The summed E-state index contributed by atoms with van der Waals surface area (Å²) in [7, 11) is -3.11. The summed E-state index contributed by atoms with van der Waals surface area (Å²) < 4.78 is 67.7. The van der Waals surface area contributed by atoms with Crippen molar-refractivity contribution in [3.8, 4) is 5.75 Å². The van der Waals surface area contributed by atoms with Gasteiger partial charge in [0.05, 0.1) is 11.5 Å². The van der Waals surface area contributed by atoms with Crippen LogP contribution in [0.5, 0.6) is 5.75 Å². The van der Waals surface area contributed by atoms with E-state index < -0.39 is 39.9 Å². The van der Waals surface area contributed by atoms with Crippen molar-refractivity contribution in [3.63, 3.8) is 0 Å². The molecule has 2 rings (SSSR count). The molecule has 0 saturated carbocycles. The molecule has 1 aromatic rings. The third kappa shape index (κ3) is 7.08. The van der Waals surface area contributed by atoms with Crippen LogP contribution >= 0.6 is 0 Å². The number of hydrogen-bond acceptors (Lipinski definition) is 6. The summed E-state index contributed by atoms with van der Waals surface area (Å²) in [5.74, 6) is -2.16. The minimum Gasteiger partial charge on any atom is -0.453 e. The highest BCUT2D eigenvalue weighted by atomic mass is 32.2. The summed E-state index contributed by atoms with van der Waals surface area (Å²) >= 11 is 0. The monoisotopic (exact) mass is 409 g/mol. The molecule has 1 aliphatic rings. The van der Waals surface area contributed by atoms with Crippen LogP contribution in [-0.4, -0.2) is 44.3 Å². The minimum absolute atomic E-state index is 0.0367. The number of benzene rings is 1. The lowest BCUT2D eigenvalue weighted by Gasteiger charge is -2.15. The number of sulfone groups is 1. The van der Waals surface area contributed by atoms with Crippen LogP contribution in [0.4, 0.5) is 18.9 Å². The maximum Gasteiger partial charge on any atom is 0.573 e. The summed E-state index contributed by atoms with van der Waals surface area (Å²) in [4.78, 5) is 23.8. The summed E-state index contributed by atoms with van der Waals surface area (Å²) in [5, 5.41) is 2.39. The van der Waals surface area contributed by atoms with Crippen LogP contribution < -0.4 is 10.1 Å². The zero-order valence-corrected chi connectivity index (χ0v) is 15.1. The molecule has 0 radical (unpaired) electrons. The average molecular weight is 409 g/mol. The van der Waals surface area contributed by atoms with E-state index in [0.29, 0.717) is 6.42 Å². The topological polar surface area (TPSA) is 98.8 Å². The van der Waals surface area contributed by atoms with Crippen LogP contribution in [0.2, 0.25) is 0 Å². The SMILES string of the molecule is C[C@@H](OC(=O)C[C@@H]1CCS(=O)(=O)C1)C(=O)Nc1ccc(OC(F)(F)F)cc1. The Kier molecular flexibility index (Phi) is 6.34. The molecule has 2 atom stereocenters. The number of carbonyl (C=O) groups excluding carboxylic acids is 2. The molecule has 1 N–H and O–H groups in total. The Labute approximate surface area is 153 Å². The van der Waals surface area contributed by atoms with E-state index in [-0.39, 0.29) is 29.5 Å². The number of rotatable bonds is 6. The molecule has 7 nitrogen and oxygen atoms in total. The Hall–Kier alpha value is -2.30. The van der Waals surface area contributed by atoms with E-state index in [1.807, 2.05) is 0 Å². The van der Waals surface area contributed by atoms with E-state index in [1.54, 1.807) is 0 Å². The number of esters is 1. The summed E-state index contributed by atoms with van der Waals surface area (Å²) in [5.41, 5.74) is 0.194. The fourth-order valence-corrected chi connectivity index (χ4v) is 4.41. The van der Waals surface area contributed by atoms with Crippen molar-refractivity contribution < 1.29 is 40.7 Å². The van der Waals surface area contributed by atoms with Crippen molar-refractivity contribution in [2.75, 3.05) is 16.8 Å². The van der Waals surface area contributed by atoms with Gasteiger partial charge in [-0.15, -0.1) is 13.2 Å². The van der Waals surface area contributed by atoms with Crippen molar-refractivity contribution in [3.05, 3.63) is 24.3 Å². The zero-order valence-electron chi connectivity index (χ0n) is 14.3. The van der Waals surface area contributed by atoms with Crippen LogP contribution in [-0.2, 0) is 24.2 Å². The van der Waals surface area contributed by atoms with Crippen LogP contribution in [0.3, 0.4) is 0 Å². The third-order valence-corrected chi connectivity index (χ3v) is 5.65. The van der Waals surface area contributed by atoms with Crippen LogP contribution in [0.15, 0.2) is 24.3 Å². The molecule has 11 heteroatoms.